The average Bonchev–Trinajstić information content (AvgIpc) is 2.29. The smallest absolute Gasteiger partial charge is 0.413 e. The van der Waals surface area contributed by atoms with Crippen LogP contribution >= 0.6 is 0 Å². The molecular weight excluding hydrogens is 228 g/mol. The molecule has 1 unspecified atom stereocenters. The van der Waals surface area contributed by atoms with Crippen molar-refractivity contribution in [3.05, 3.63) is 18.6 Å². The predicted molar refractivity (Wildman–Crippen MR) is 57.6 cm³/mol. The van der Waals surface area contributed by atoms with Gasteiger partial charge in [0.2, 0.25) is 0 Å². The lowest BCUT2D eigenvalue weighted by Crippen LogP contribution is -2.38. The molecule has 8 heteroatoms. The van der Waals surface area contributed by atoms with E-state index in [0.29, 0.717) is 0 Å². The molecule has 0 aliphatic rings. The summed E-state index contributed by atoms with van der Waals surface area (Å²) in [5, 5.41) is 17.5. The SMILES string of the molecule is NC(CCN(C(=O)O)c1ccncn1)C(=O)O. The fourth-order valence-electron chi connectivity index (χ4n) is 1.14. The van der Waals surface area contributed by atoms with Crippen LogP contribution in [0.2, 0.25) is 0 Å². The molecule has 17 heavy (non-hydrogen) atoms. The van der Waals surface area contributed by atoms with Crippen LogP contribution in [-0.4, -0.2) is 44.8 Å². The molecular formula is C9H12N4O4. The van der Waals surface area contributed by atoms with E-state index in [0.717, 1.165) is 4.90 Å². The van der Waals surface area contributed by atoms with E-state index in [9.17, 15) is 9.59 Å². The fourth-order valence-corrected chi connectivity index (χ4v) is 1.14. The maximum Gasteiger partial charge on any atom is 0.413 e. The molecule has 0 aliphatic carbocycles. The van der Waals surface area contributed by atoms with Gasteiger partial charge >= 0.3 is 12.1 Å². The highest BCUT2D eigenvalue weighted by Gasteiger charge is 2.19. The van der Waals surface area contributed by atoms with Crippen molar-refractivity contribution in [1.29, 1.82) is 0 Å². The summed E-state index contributed by atoms with van der Waals surface area (Å²) in [5.74, 6) is -0.983. The average molecular weight is 240 g/mol. The highest BCUT2D eigenvalue weighted by Crippen LogP contribution is 2.09. The quantitative estimate of drug-likeness (QED) is 0.647. The Morgan fingerprint density at radius 1 is 1.47 bits per heavy atom. The third kappa shape index (κ3) is 3.68. The van der Waals surface area contributed by atoms with E-state index in [-0.39, 0.29) is 18.8 Å². The van der Waals surface area contributed by atoms with Crippen molar-refractivity contribution in [3.8, 4) is 0 Å². The maximum atomic E-state index is 11.0. The van der Waals surface area contributed by atoms with Gasteiger partial charge in [0.1, 0.15) is 18.2 Å². The second-order valence-electron chi connectivity index (χ2n) is 3.24. The van der Waals surface area contributed by atoms with Crippen LogP contribution in [0.15, 0.2) is 18.6 Å². The molecule has 0 fully saturated rings. The third-order valence-corrected chi connectivity index (χ3v) is 2.05. The molecule has 1 heterocycles. The van der Waals surface area contributed by atoms with Gasteiger partial charge in [-0.15, -0.1) is 0 Å². The van der Waals surface area contributed by atoms with Crippen molar-refractivity contribution >= 4 is 17.9 Å². The summed E-state index contributed by atoms with van der Waals surface area (Å²) in [6.07, 6.45) is 1.39. The summed E-state index contributed by atoms with van der Waals surface area (Å²) in [5.41, 5.74) is 5.29. The van der Waals surface area contributed by atoms with Crippen LogP contribution in [0.3, 0.4) is 0 Å². The van der Waals surface area contributed by atoms with Crippen molar-refractivity contribution in [2.24, 2.45) is 5.73 Å². The molecule has 0 radical (unpaired) electrons. The van der Waals surface area contributed by atoms with Crippen molar-refractivity contribution < 1.29 is 19.8 Å². The van der Waals surface area contributed by atoms with E-state index < -0.39 is 18.1 Å². The first-order chi connectivity index (χ1) is 8.02. The summed E-state index contributed by atoms with van der Waals surface area (Å²) in [6.45, 7) is -0.0419. The molecule has 0 saturated heterocycles. The predicted octanol–water partition coefficient (Wildman–Crippen LogP) is -0.237. The molecule has 4 N–H and O–H groups in total. The summed E-state index contributed by atoms with van der Waals surface area (Å²) in [4.78, 5) is 29.8. The van der Waals surface area contributed by atoms with E-state index in [2.05, 4.69) is 9.97 Å². The second-order valence-corrected chi connectivity index (χ2v) is 3.24. The Bertz CT molecular complexity index is 397. The van der Waals surface area contributed by atoms with Gasteiger partial charge in [0.25, 0.3) is 0 Å². The number of aromatic nitrogens is 2. The molecule has 1 aromatic heterocycles. The molecule has 0 spiro atoms. The minimum Gasteiger partial charge on any atom is -0.480 e. The molecule has 8 nitrogen and oxygen atoms in total. The van der Waals surface area contributed by atoms with Crippen molar-refractivity contribution in [2.45, 2.75) is 12.5 Å². The van der Waals surface area contributed by atoms with Gasteiger partial charge in [0.15, 0.2) is 0 Å². The number of nitrogens with zero attached hydrogens (tertiary/aromatic N) is 3. The molecule has 1 atom stereocenters. The van der Waals surface area contributed by atoms with Crippen LogP contribution in [0.5, 0.6) is 0 Å². The summed E-state index contributed by atoms with van der Waals surface area (Å²) < 4.78 is 0. The van der Waals surface area contributed by atoms with Gasteiger partial charge < -0.3 is 15.9 Å². The van der Waals surface area contributed by atoms with Crippen LogP contribution < -0.4 is 10.6 Å². The molecule has 1 amide bonds. The minimum atomic E-state index is -1.22. The normalized spacial score (nSPS) is 11.8. The highest BCUT2D eigenvalue weighted by molar-refractivity contribution is 5.84. The number of carboxylic acid groups (broad SMARTS) is 2. The highest BCUT2D eigenvalue weighted by atomic mass is 16.4. The fraction of sp³-hybridized carbons (Fsp3) is 0.333. The molecule has 0 bridgehead atoms. The van der Waals surface area contributed by atoms with Crippen molar-refractivity contribution in [3.63, 3.8) is 0 Å². The first-order valence-electron chi connectivity index (χ1n) is 4.77. The van der Waals surface area contributed by atoms with Crippen molar-refractivity contribution in [1.82, 2.24) is 9.97 Å². The Morgan fingerprint density at radius 3 is 2.65 bits per heavy atom. The van der Waals surface area contributed by atoms with E-state index in [1.54, 1.807) is 0 Å². The van der Waals surface area contributed by atoms with Gasteiger partial charge in [0, 0.05) is 12.7 Å². The zero-order valence-electron chi connectivity index (χ0n) is 8.85. The van der Waals surface area contributed by atoms with E-state index in [1.807, 2.05) is 0 Å². The van der Waals surface area contributed by atoms with Crippen molar-refractivity contribution in [2.75, 3.05) is 11.4 Å². The summed E-state index contributed by atoms with van der Waals surface area (Å²) in [7, 11) is 0. The molecule has 92 valence electrons. The van der Waals surface area contributed by atoms with Gasteiger partial charge in [0.05, 0.1) is 0 Å². The second kappa shape index (κ2) is 5.75. The Labute approximate surface area is 96.7 Å². The number of amides is 1. The number of aliphatic carboxylic acids is 1. The largest absolute Gasteiger partial charge is 0.480 e. The summed E-state index contributed by atoms with van der Waals surface area (Å²) >= 11 is 0. The number of anilines is 1. The lowest BCUT2D eigenvalue weighted by molar-refractivity contribution is -0.138. The number of rotatable bonds is 5. The number of nitrogens with two attached hydrogens (primary N) is 1. The first kappa shape index (κ1) is 12.8. The van der Waals surface area contributed by atoms with E-state index in [1.165, 1.54) is 18.6 Å². The zero-order valence-corrected chi connectivity index (χ0v) is 8.85. The van der Waals surface area contributed by atoms with E-state index >= 15 is 0 Å². The zero-order chi connectivity index (χ0) is 12.8. The molecule has 0 aliphatic heterocycles. The molecule has 0 aromatic carbocycles. The van der Waals surface area contributed by atoms with Crippen LogP contribution in [0.4, 0.5) is 10.6 Å². The number of hydrogen-bond acceptors (Lipinski definition) is 5. The van der Waals surface area contributed by atoms with E-state index in [4.69, 9.17) is 15.9 Å². The third-order valence-electron chi connectivity index (χ3n) is 2.05. The van der Waals surface area contributed by atoms with Gasteiger partial charge in [-0.05, 0) is 12.5 Å². The van der Waals surface area contributed by atoms with Crippen LogP contribution in [0.25, 0.3) is 0 Å². The minimum absolute atomic E-state index is 0.00559. The topological polar surface area (TPSA) is 130 Å². The number of hydrogen-bond donors (Lipinski definition) is 3. The Hall–Kier alpha value is -2.22. The first-order valence-corrected chi connectivity index (χ1v) is 4.77. The van der Waals surface area contributed by atoms with Crippen LogP contribution in [-0.2, 0) is 4.79 Å². The Balaban J connectivity index is 2.69. The van der Waals surface area contributed by atoms with Gasteiger partial charge in [-0.3, -0.25) is 9.69 Å². The van der Waals surface area contributed by atoms with Crippen LogP contribution in [0.1, 0.15) is 6.42 Å². The maximum absolute atomic E-state index is 11.0. The Kier molecular flexibility index (Phi) is 4.35. The number of carboxylic acids is 1. The number of carbonyl (C=O) groups is 2. The summed E-state index contributed by atoms with van der Waals surface area (Å²) in [6, 6.07) is 0.319. The van der Waals surface area contributed by atoms with Gasteiger partial charge in [-0.2, -0.15) is 0 Å². The molecule has 1 rings (SSSR count). The lowest BCUT2D eigenvalue weighted by atomic mass is 10.2. The van der Waals surface area contributed by atoms with Gasteiger partial charge in [-0.25, -0.2) is 14.8 Å². The monoisotopic (exact) mass is 240 g/mol. The standard InChI is InChI=1S/C9H12N4O4/c10-6(8(14)15)2-4-13(9(16)17)7-1-3-11-5-12-7/h1,3,5-6H,2,4,10H2,(H,14,15)(H,16,17). The Morgan fingerprint density at radius 2 is 2.18 bits per heavy atom. The van der Waals surface area contributed by atoms with Gasteiger partial charge in [-0.1, -0.05) is 0 Å². The van der Waals surface area contributed by atoms with Crippen LogP contribution in [0, 0.1) is 0 Å². The molecule has 0 saturated carbocycles. The lowest BCUT2D eigenvalue weighted by Gasteiger charge is -2.18. The molecule has 1 aromatic rings.